The number of nitrogens with one attached hydrogen (secondary N) is 4. The van der Waals surface area contributed by atoms with Gasteiger partial charge in [-0.25, -0.2) is 9.48 Å². The van der Waals surface area contributed by atoms with Gasteiger partial charge in [0, 0.05) is 30.5 Å². The van der Waals surface area contributed by atoms with Gasteiger partial charge in [0.05, 0.1) is 5.69 Å². The first-order valence-corrected chi connectivity index (χ1v) is 8.76. The molecule has 4 N–H and O–H groups in total. The van der Waals surface area contributed by atoms with Gasteiger partial charge in [0.25, 0.3) is 0 Å². The van der Waals surface area contributed by atoms with Crippen LogP contribution >= 0.6 is 0 Å². The van der Waals surface area contributed by atoms with Crippen molar-refractivity contribution in [1.29, 1.82) is 0 Å². The summed E-state index contributed by atoms with van der Waals surface area (Å²) in [5.41, 5.74) is 0.654. The van der Waals surface area contributed by atoms with E-state index in [4.69, 9.17) is 0 Å². The molecule has 1 aliphatic rings. The van der Waals surface area contributed by atoms with Crippen LogP contribution in [0.4, 0.5) is 10.6 Å². The number of nitrogens with zero attached hydrogens (tertiary/aromatic N) is 2. The van der Waals surface area contributed by atoms with Crippen molar-refractivity contribution in [2.24, 2.45) is 5.92 Å². The van der Waals surface area contributed by atoms with E-state index in [9.17, 15) is 9.59 Å². The molecular weight excluding hydrogens is 320 g/mol. The van der Waals surface area contributed by atoms with E-state index in [1.807, 2.05) is 26.8 Å². The van der Waals surface area contributed by atoms with Gasteiger partial charge in [0.1, 0.15) is 5.82 Å². The maximum Gasteiger partial charge on any atom is 0.320 e. The molecule has 8 nitrogen and oxygen atoms in total. The third kappa shape index (κ3) is 5.19. The zero-order valence-electron chi connectivity index (χ0n) is 15.9. The van der Waals surface area contributed by atoms with Crippen LogP contribution in [-0.4, -0.2) is 34.3 Å². The normalized spacial score (nSPS) is 21.2. The Morgan fingerprint density at radius 1 is 1.44 bits per heavy atom. The Bertz CT molecular complexity index is 632. The summed E-state index contributed by atoms with van der Waals surface area (Å²) in [6.45, 7) is 12.8. The fraction of sp³-hybridized carbons (Fsp3) is 0.706. The van der Waals surface area contributed by atoms with Crippen LogP contribution in [0.3, 0.4) is 0 Å². The molecule has 0 aliphatic carbocycles. The standard InChI is InChI=1S/C17H30N6O2/c1-10(2)9-18-16(25)20-13-8-12(17(4,5)6)22-23(13)15-19-11(3)7-14(24)21-15/h8,10-11,15,19H,7,9H2,1-6H3,(H,21,24)(H2,18,20,25). The summed E-state index contributed by atoms with van der Waals surface area (Å²) in [5.74, 6) is 0.860. The molecule has 8 heteroatoms. The van der Waals surface area contributed by atoms with Crippen molar-refractivity contribution in [3.63, 3.8) is 0 Å². The van der Waals surface area contributed by atoms with Gasteiger partial charge < -0.3 is 10.6 Å². The maximum atomic E-state index is 12.2. The first-order valence-electron chi connectivity index (χ1n) is 8.76. The van der Waals surface area contributed by atoms with E-state index in [2.05, 4.69) is 47.1 Å². The predicted octanol–water partition coefficient (Wildman–Crippen LogP) is 1.91. The minimum absolute atomic E-state index is 0.0312. The number of urea groups is 1. The predicted molar refractivity (Wildman–Crippen MR) is 97.2 cm³/mol. The molecule has 140 valence electrons. The summed E-state index contributed by atoms with van der Waals surface area (Å²) in [7, 11) is 0. The van der Waals surface area contributed by atoms with Crippen molar-refractivity contribution < 1.29 is 9.59 Å². The summed E-state index contributed by atoms with van der Waals surface area (Å²) in [6, 6.07) is 1.59. The third-order valence-electron chi connectivity index (χ3n) is 3.89. The highest BCUT2D eigenvalue weighted by molar-refractivity contribution is 5.88. The monoisotopic (exact) mass is 350 g/mol. The van der Waals surface area contributed by atoms with Crippen LogP contribution < -0.4 is 21.3 Å². The number of hydrogen-bond acceptors (Lipinski definition) is 4. The van der Waals surface area contributed by atoms with Crippen molar-refractivity contribution >= 4 is 17.8 Å². The molecule has 25 heavy (non-hydrogen) atoms. The molecule has 1 saturated heterocycles. The van der Waals surface area contributed by atoms with Crippen LogP contribution in [-0.2, 0) is 10.2 Å². The second kappa shape index (κ2) is 7.43. The molecule has 0 saturated carbocycles. The van der Waals surface area contributed by atoms with Gasteiger partial charge >= 0.3 is 6.03 Å². The molecular formula is C17H30N6O2. The van der Waals surface area contributed by atoms with Crippen molar-refractivity contribution in [3.05, 3.63) is 11.8 Å². The maximum absolute atomic E-state index is 12.2. The number of aromatic nitrogens is 2. The summed E-state index contributed by atoms with van der Waals surface area (Å²) in [4.78, 5) is 24.0. The lowest BCUT2D eigenvalue weighted by atomic mass is 9.92. The quantitative estimate of drug-likeness (QED) is 0.666. The number of hydrogen-bond donors (Lipinski definition) is 4. The van der Waals surface area contributed by atoms with Gasteiger partial charge in [-0.2, -0.15) is 5.10 Å². The zero-order valence-corrected chi connectivity index (χ0v) is 15.9. The van der Waals surface area contributed by atoms with Crippen LogP contribution in [0.2, 0.25) is 0 Å². The number of amides is 3. The third-order valence-corrected chi connectivity index (χ3v) is 3.89. The molecule has 1 fully saturated rings. The summed E-state index contributed by atoms with van der Waals surface area (Å²) < 4.78 is 1.63. The second-order valence-electron chi connectivity index (χ2n) is 8.08. The van der Waals surface area contributed by atoms with Crippen LogP contribution in [0.5, 0.6) is 0 Å². The van der Waals surface area contributed by atoms with E-state index in [0.29, 0.717) is 24.7 Å². The van der Waals surface area contributed by atoms with Gasteiger partial charge in [0.15, 0.2) is 6.29 Å². The molecule has 2 heterocycles. The molecule has 1 aromatic heterocycles. The van der Waals surface area contributed by atoms with E-state index < -0.39 is 6.29 Å². The zero-order chi connectivity index (χ0) is 18.8. The molecule has 2 rings (SSSR count). The van der Waals surface area contributed by atoms with E-state index >= 15 is 0 Å². The highest BCUT2D eigenvalue weighted by Crippen LogP contribution is 2.26. The largest absolute Gasteiger partial charge is 0.338 e. The molecule has 1 aromatic rings. The van der Waals surface area contributed by atoms with Crippen molar-refractivity contribution in [2.75, 3.05) is 11.9 Å². The fourth-order valence-corrected chi connectivity index (χ4v) is 2.50. The van der Waals surface area contributed by atoms with Crippen LogP contribution in [0.1, 0.15) is 59.9 Å². The first-order chi connectivity index (χ1) is 11.6. The molecule has 2 atom stereocenters. The average molecular weight is 350 g/mol. The van der Waals surface area contributed by atoms with Crippen LogP contribution in [0.15, 0.2) is 6.07 Å². The second-order valence-corrected chi connectivity index (χ2v) is 8.08. The topological polar surface area (TPSA) is 100 Å². The van der Waals surface area contributed by atoms with Crippen molar-refractivity contribution in [1.82, 2.24) is 25.7 Å². The Balaban J connectivity index is 2.25. The number of anilines is 1. The average Bonchev–Trinajstić information content (AvgIpc) is 2.88. The molecule has 1 aliphatic heterocycles. The summed E-state index contributed by atoms with van der Waals surface area (Å²) >= 11 is 0. The highest BCUT2D eigenvalue weighted by Gasteiger charge is 2.29. The molecule has 0 bridgehead atoms. The van der Waals surface area contributed by atoms with Crippen molar-refractivity contribution in [2.45, 2.75) is 65.7 Å². The van der Waals surface area contributed by atoms with Gasteiger partial charge in [-0.15, -0.1) is 0 Å². The SMILES string of the molecule is CC(C)CNC(=O)Nc1cc(C(C)(C)C)nn1C1NC(=O)CC(C)N1. The minimum Gasteiger partial charge on any atom is -0.338 e. The number of carbonyl (C=O) groups excluding carboxylic acids is 2. The van der Waals surface area contributed by atoms with Gasteiger partial charge in [-0.3, -0.25) is 15.4 Å². The van der Waals surface area contributed by atoms with Crippen molar-refractivity contribution in [3.8, 4) is 0 Å². The van der Waals surface area contributed by atoms with E-state index in [1.54, 1.807) is 4.68 Å². The Morgan fingerprint density at radius 3 is 2.68 bits per heavy atom. The Kier molecular flexibility index (Phi) is 5.72. The Labute approximate surface area is 149 Å². The number of carbonyl (C=O) groups is 2. The summed E-state index contributed by atoms with van der Waals surface area (Å²) in [6.07, 6.45) is -0.0746. The fourth-order valence-electron chi connectivity index (χ4n) is 2.50. The Hall–Kier alpha value is -2.09. The van der Waals surface area contributed by atoms with Crippen LogP contribution in [0, 0.1) is 5.92 Å². The molecule has 0 aromatic carbocycles. The van der Waals surface area contributed by atoms with E-state index in [0.717, 1.165) is 5.69 Å². The highest BCUT2D eigenvalue weighted by atomic mass is 16.2. The minimum atomic E-state index is -0.493. The molecule has 0 radical (unpaired) electrons. The van der Waals surface area contributed by atoms with Gasteiger partial charge in [0.2, 0.25) is 5.91 Å². The summed E-state index contributed by atoms with van der Waals surface area (Å²) in [5, 5.41) is 16.5. The molecule has 2 unspecified atom stereocenters. The molecule has 0 spiro atoms. The smallest absolute Gasteiger partial charge is 0.320 e. The lowest BCUT2D eigenvalue weighted by Gasteiger charge is -2.30. The number of rotatable bonds is 4. The van der Waals surface area contributed by atoms with Gasteiger partial charge in [-0.1, -0.05) is 34.6 Å². The van der Waals surface area contributed by atoms with Crippen LogP contribution in [0.25, 0.3) is 0 Å². The van der Waals surface area contributed by atoms with Gasteiger partial charge in [-0.05, 0) is 12.8 Å². The first kappa shape index (κ1) is 19.2. The lowest BCUT2D eigenvalue weighted by Crippen LogP contribution is -2.52. The van der Waals surface area contributed by atoms with E-state index in [1.165, 1.54) is 0 Å². The lowest BCUT2D eigenvalue weighted by molar-refractivity contribution is -0.125. The Morgan fingerprint density at radius 2 is 2.12 bits per heavy atom. The molecule has 3 amide bonds. The van der Waals surface area contributed by atoms with E-state index in [-0.39, 0.29) is 23.4 Å².